The van der Waals surface area contributed by atoms with Crippen LogP contribution in [0.3, 0.4) is 0 Å². The van der Waals surface area contributed by atoms with E-state index in [0.717, 1.165) is 11.3 Å². The first-order valence-corrected chi connectivity index (χ1v) is 4.35. The van der Waals surface area contributed by atoms with Gasteiger partial charge in [-0.1, -0.05) is 6.07 Å². The first-order valence-electron chi connectivity index (χ1n) is 4.35. The fourth-order valence-corrected chi connectivity index (χ4v) is 0.944. The second-order valence-electron chi connectivity index (χ2n) is 3.24. The van der Waals surface area contributed by atoms with Gasteiger partial charge in [0.2, 0.25) is 0 Å². The van der Waals surface area contributed by atoms with Gasteiger partial charge < -0.3 is 5.32 Å². The Kier molecular flexibility index (Phi) is 3.07. The fraction of sp³-hybridized carbons (Fsp3) is 0.364. The van der Waals surface area contributed by atoms with E-state index in [1.165, 1.54) is 0 Å². The Bertz CT molecular complexity index is 289. The summed E-state index contributed by atoms with van der Waals surface area (Å²) in [7, 11) is 0. The van der Waals surface area contributed by atoms with Crippen LogP contribution in [0.4, 0.5) is 5.69 Å². The highest BCUT2D eigenvalue weighted by Crippen LogP contribution is 2.09. The SMILES string of the molecule is CC(=O)C(C)Nc1c[c]c(C)cc1. The number of aryl methyl sites for hydroxylation is 1. The summed E-state index contributed by atoms with van der Waals surface area (Å²) >= 11 is 0. The lowest BCUT2D eigenvalue weighted by Gasteiger charge is -2.11. The minimum atomic E-state index is -0.129. The van der Waals surface area contributed by atoms with E-state index in [2.05, 4.69) is 11.4 Å². The zero-order chi connectivity index (χ0) is 9.84. The Labute approximate surface area is 79.0 Å². The molecule has 0 aliphatic rings. The van der Waals surface area contributed by atoms with E-state index in [1.807, 2.05) is 32.0 Å². The second-order valence-corrected chi connectivity index (χ2v) is 3.24. The smallest absolute Gasteiger partial charge is 0.151 e. The molecule has 0 aromatic heterocycles. The van der Waals surface area contributed by atoms with Crippen molar-refractivity contribution in [2.45, 2.75) is 26.8 Å². The molecule has 69 valence electrons. The molecular formula is C11H14NO. The standard InChI is InChI=1S/C11H14NO/c1-8-4-6-11(7-5-8)12-9(2)10(3)13/h4,6-7,9,12H,1-3H3. The molecule has 0 saturated carbocycles. The maximum absolute atomic E-state index is 10.9. The molecule has 1 rings (SSSR count). The maximum atomic E-state index is 10.9. The van der Waals surface area contributed by atoms with Crippen LogP contribution < -0.4 is 5.32 Å². The largest absolute Gasteiger partial charge is 0.376 e. The highest BCUT2D eigenvalue weighted by molar-refractivity contribution is 5.83. The minimum Gasteiger partial charge on any atom is -0.376 e. The van der Waals surface area contributed by atoms with Gasteiger partial charge in [0.05, 0.1) is 6.04 Å². The van der Waals surface area contributed by atoms with Crippen molar-refractivity contribution in [2.75, 3.05) is 5.32 Å². The molecule has 0 saturated heterocycles. The number of carbonyl (C=O) groups excluding carboxylic acids is 1. The van der Waals surface area contributed by atoms with Crippen molar-refractivity contribution in [3.63, 3.8) is 0 Å². The molecule has 0 spiro atoms. The molecule has 1 aromatic carbocycles. The van der Waals surface area contributed by atoms with Crippen LogP contribution in [0.5, 0.6) is 0 Å². The van der Waals surface area contributed by atoms with Crippen LogP contribution >= 0.6 is 0 Å². The predicted molar refractivity (Wildman–Crippen MR) is 53.8 cm³/mol. The van der Waals surface area contributed by atoms with Gasteiger partial charge in [-0.05, 0) is 44.5 Å². The van der Waals surface area contributed by atoms with Gasteiger partial charge >= 0.3 is 0 Å². The molecule has 2 heteroatoms. The van der Waals surface area contributed by atoms with Gasteiger partial charge in [0, 0.05) is 5.69 Å². The molecule has 0 heterocycles. The number of hydrogen-bond acceptors (Lipinski definition) is 2. The lowest BCUT2D eigenvalue weighted by Crippen LogP contribution is -2.23. The van der Waals surface area contributed by atoms with Crippen molar-refractivity contribution >= 4 is 11.5 Å². The summed E-state index contributed by atoms with van der Waals surface area (Å²) in [5.74, 6) is 0.139. The van der Waals surface area contributed by atoms with Crippen molar-refractivity contribution in [3.05, 3.63) is 29.8 Å². The number of hydrogen-bond donors (Lipinski definition) is 1. The molecule has 13 heavy (non-hydrogen) atoms. The highest BCUT2D eigenvalue weighted by atomic mass is 16.1. The van der Waals surface area contributed by atoms with Gasteiger partial charge in [0.15, 0.2) is 5.78 Å². The summed E-state index contributed by atoms with van der Waals surface area (Å²) in [6, 6.07) is 8.71. The topological polar surface area (TPSA) is 29.1 Å². The van der Waals surface area contributed by atoms with Crippen LogP contribution in [0.2, 0.25) is 0 Å². The number of nitrogens with one attached hydrogen (secondary N) is 1. The summed E-state index contributed by atoms with van der Waals surface area (Å²) < 4.78 is 0. The number of anilines is 1. The second kappa shape index (κ2) is 4.08. The van der Waals surface area contributed by atoms with Gasteiger partial charge in [-0.25, -0.2) is 0 Å². The zero-order valence-corrected chi connectivity index (χ0v) is 8.22. The van der Waals surface area contributed by atoms with Crippen LogP contribution in [-0.4, -0.2) is 11.8 Å². The van der Waals surface area contributed by atoms with Crippen LogP contribution in [0, 0.1) is 13.0 Å². The Morgan fingerprint density at radius 1 is 1.54 bits per heavy atom. The minimum absolute atomic E-state index is 0.129. The van der Waals surface area contributed by atoms with Gasteiger partial charge in [-0.2, -0.15) is 0 Å². The van der Waals surface area contributed by atoms with Gasteiger partial charge in [0.25, 0.3) is 0 Å². The summed E-state index contributed by atoms with van der Waals surface area (Å²) in [5.41, 5.74) is 2.04. The third-order valence-corrected chi connectivity index (χ3v) is 1.96. The first kappa shape index (κ1) is 9.78. The molecule has 2 nitrogen and oxygen atoms in total. The molecule has 1 atom stereocenters. The van der Waals surface area contributed by atoms with Crippen molar-refractivity contribution in [3.8, 4) is 0 Å². The highest BCUT2D eigenvalue weighted by Gasteiger charge is 2.05. The van der Waals surface area contributed by atoms with Crippen LogP contribution in [0.25, 0.3) is 0 Å². The quantitative estimate of drug-likeness (QED) is 0.764. The van der Waals surface area contributed by atoms with E-state index in [1.54, 1.807) is 6.92 Å². The monoisotopic (exact) mass is 176 g/mol. The van der Waals surface area contributed by atoms with Crippen molar-refractivity contribution < 1.29 is 4.79 Å². The van der Waals surface area contributed by atoms with E-state index in [0.29, 0.717) is 0 Å². The van der Waals surface area contributed by atoms with E-state index in [9.17, 15) is 4.79 Å². The summed E-state index contributed by atoms with van der Waals surface area (Å²) in [6.07, 6.45) is 0. The Hall–Kier alpha value is -1.31. The lowest BCUT2D eigenvalue weighted by atomic mass is 10.2. The van der Waals surface area contributed by atoms with E-state index in [4.69, 9.17) is 0 Å². The number of benzene rings is 1. The average Bonchev–Trinajstić information content (AvgIpc) is 2.08. The maximum Gasteiger partial charge on any atom is 0.151 e. The van der Waals surface area contributed by atoms with E-state index >= 15 is 0 Å². The van der Waals surface area contributed by atoms with Gasteiger partial charge in [0.1, 0.15) is 0 Å². The zero-order valence-electron chi connectivity index (χ0n) is 8.22. The predicted octanol–water partition coefficient (Wildman–Crippen LogP) is 2.18. The van der Waals surface area contributed by atoms with Crippen molar-refractivity contribution in [2.24, 2.45) is 0 Å². The van der Waals surface area contributed by atoms with E-state index in [-0.39, 0.29) is 11.8 Å². The fourth-order valence-electron chi connectivity index (χ4n) is 0.944. The van der Waals surface area contributed by atoms with Crippen molar-refractivity contribution in [1.82, 2.24) is 0 Å². The molecular weight excluding hydrogens is 162 g/mol. The first-order chi connectivity index (χ1) is 6.09. The van der Waals surface area contributed by atoms with Gasteiger partial charge in [-0.15, -0.1) is 0 Å². The molecule has 1 N–H and O–H groups in total. The Morgan fingerprint density at radius 2 is 2.23 bits per heavy atom. The van der Waals surface area contributed by atoms with Crippen molar-refractivity contribution in [1.29, 1.82) is 0 Å². The number of ketones is 1. The Balaban J connectivity index is 2.64. The van der Waals surface area contributed by atoms with Crippen LogP contribution in [-0.2, 0) is 4.79 Å². The van der Waals surface area contributed by atoms with Crippen LogP contribution in [0.1, 0.15) is 19.4 Å². The third kappa shape index (κ3) is 2.90. The summed E-state index contributed by atoms with van der Waals surface area (Å²) in [4.78, 5) is 10.9. The summed E-state index contributed by atoms with van der Waals surface area (Å²) in [6.45, 7) is 5.41. The number of carbonyl (C=O) groups is 1. The molecule has 0 aliphatic carbocycles. The molecule has 0 aliphatic heterocycles. The molecule has 0 fully saturated rings. The lowest BCUT2D eigenvalue weighted by molar-refractivity contribution is -0.117. The van der Waals surface area contributed by atoms with Gasteiger partial charge in [-0.3, -0.25) is 4.79 Å². The summed E-state index contributed by atoms with van der Waals surface area (Å²) in [5, 5.41) is 3.09. The van der Waals surface area contributed by atoms with Crippen LogP contribution in [0.15, 0.2) is 18.2 Å². The third-order valence-electron chi connectivity index (χ3n) is 1.96. The normalized spacial score (nSPS) is 12.2. The number of rotatable bonds is 3. The molecule has 1 radical (unpaired) electrons. The molecule has 0 amide bonds. The molecule has 1 aromatic rings. The van der Waals surface area contributed by atoms with E-state index < -0.39 is 0 Å². The molecule has 1 unspecified atom stereocenters. The number of Topliss-reactive ketones (excluding diaryl/α,β-unsaturated/α-hetero) is 1. The Morgan fingerprint density at radius 3 is 2.69 bits per heavy atom. The average molecular weight is 176 g/mol. The molecule has 0 bridgehead atoms.